The fraction of sp³-hybridized carbons (Fsp3) is 0.333. The fourth-order valence-electron chi connectivity index (χ4n) is 3.24. The predicted octanol–water partition coefficient (Wildman–Crippen LogP) is 4.56. The minimum atomic E-state index is 0. The van der Waals surface area contributed by atoms with E-state index in [9.17, 15) is 0 Å². The van der Waals surface area contributed by atoms with Crippen molar-refractivity contribution in [1.82, 2.24) is 0 Å². The molecule has 0 bridgehead atoms. The number of allylic oxidation sites excluding steroid dienone is 8. The van der Waals surface area contributed by atoms with Gasteiger partial charge in [-0.25, -0.2) is 5.57 Å². The summed E-state index contributed by atoms with van der Waals surface area (Å²) >= 11 is 0. The average molecular weight is 499 g/mol. The predicted molar refractivity (Wildman–Crippen MR) is 96.4 cm³/mol. The Hall–Kier alpha value is -0.915. The first-order valence-corrected chi connectivity index (χ1v) is 8.99. The van der Waals surface area contributed by atoms with Gasteiger partial charge in [0, 0.05) is 21.1 Å². The smallest absolute Gasteiger partial charge is 0.121 e. The van der Waals surface area contributed by atoms with Crippen molar-refractivity contribution in [3.05, 3.63) is 75.0 Å². The Labute approximate surface area is 157 Å². The van der Waals surface area contributed by atoms with Crippen LogP contribution >= 0.6 is 0 Å². The number of hydrogen-bond acceptors (Lipinski definition) is 0. The second-order valence-electron chi connectivity index (χ2n) is 6.43. The normalized spacial score (nSPS) is 20.2. The summed E-state index contributed by atoms with van der Waals surface area (Å²) < 4.78 is 0. The Bertz CT molecular complexity index is 747. The van der Waals surface area contributed by atoms with Crippen molar-refractivity contribution in [3.8, 4) is 0 Å². The van der Waals surface area contributed by atoms with Gasteiger partial charge in [0.15, 0.2) is 0 Å². The van der Waals surface area contributed by atoms with E-state index < -0.39 is 0 Å². The summed E-state index contributed by atoms with van der Waals surface area (Å²) in [5, 5.41) is 3.00. The molecule has 0 aromatic heterocycles. The Morgan fingerprint density at radius 3 is 2.48 bits per heavy atom. The van der Waals surface area contributed by atoms with E-state index in [1.54, 1.807) is 5.57 Å². The van der Waals surface area contributed by atoms with Gasteiger partial charge in [-0.2, -0.15) is 11.1 Å². The van der Waals surface area contributed by atoms with Gasteiger partial charge in [-0.3, -0.25) is 6.08 Å². The molecule has 1 atom stereocenters. The van der Waals surface area contributed by atoms with Crippen LogP contribution in [0.2, 0.25) is 0 Å². The molecule has 0 amide bonds. The summed E-state index contributed by atoms with van der Waals surface area (Å²) in [5.41, 5.74) is 8.64. The monoisotopic (exact) mass is 498 g/mol. The molecule has 1 unspecified atom stereocenters. The van der Waals surface area contributed by atoms with E-state index in [2.05, 4.69) is 71.0 Å². The SMILES string of the molecule is CC1=[C-]C(C2=C([Si]c3cccc(C)c3C)C=CC2)C(C)=C1C.[Pt]. The molecule has 0 saturated heterocycles. The first-order chi connectivity index (χ1) is 10.5. The van der Waals surface area contributed by atoms with Gasteiger partial charge in [-0.1, -0.05) is 66.1 Å². The van der Waals surface area contributed by atoms with Crippen molar-refractivity contribution in [2.75, 3.05) is 0 Å². The van der Waals surface area contributed by atoms with E-state index in [-0.39, 0.29) is 21.1 Å². The summed E-state index contributed by atoms with van der Waals surface area (Å²) in [6.45, 7) is 11.1. The van der Waals surface area contributed by atoms with Crippen LogP contribution in [-0.2, 0) is 21.1 Å². The minimum Gasteiger partial charge on any atom is -0.262 e. The van der Waals surface area contributed by atoms with E-state index in [4.69, 9.17) is 0 Å². The second-order valence-corrected chi connectivity index (χ2v) is 7.76. The van der Waals surface area contributed by atoms with Crippen molar-refractivity contribution in [1.29, 1.82) is 0 Å². The van der Waals surface area contributed by atoms with Gasteiger partial charge in [0.2, 0.25) is 0 Å². The van der Waals surface area contributed by atoms with Gasteiger partial charge in [-0.15, -0.1) is 6.92 Å². The quantitative estimate of drug-likeness (QED) is 0.424. The van der Waals surface area contributed by atoms with E-state index >= 15 is 0 Å². The number of aryl methyl sites for hydroxylation is 1. The maximum Gasteiger partial charge on any atom is 0.121 e. The van der Waals surface area contributed by atoms with Crippen molar-refractivity contribution >= 4 is 14.7 Å². The molecular weight excluding hydrogens is 475 g/mol. The zero-order valence-corrected chi connectivity index (χ0v) is 17.8. The van der Waals surface area contributed by atoms with Gasteiger partial charge < -0.3 is 0 Å². The van der Waals surface area contributed by atoms with E-state index in [0.717, 1.165) is 15.9 Å². The number of rotatable bonds is 3. The average Bonchev–Trinajstić information content (AvgIpc) is 3.04. The molecule has 3 rings (SSSR count). The summed E-state index contributed by atoms with van der Waals surface area (Å²) in [4.78, 5) is 0. The summed E-state index contributed by atoms with van der Waals surface area (Å²) in [6.07, 6.45) is 9.43. The zero-order chi connectivity index (χ0) is 15.9. The van der Waals surface area contributed by atoms with Crippen molar-refractivity contribution in [2.24, 2.45) is 5.92 Å². The van der Waals surface area contributed by atoms with Gasteiger partial charge in [0.05, 0.1) is 0 Å². The molecule has 0 aliphatic heterocycles. The van der Waals surface area contributed by atoms with Crippen molar-refractivity contribution in [2.45, 2.75) is 41.0 Å². The van der Waals surface area contributed by atoms with E-state index in [1.807, 2.05) is 0 Å². The third-order valence-electron chi connectivity index (χ3n) is 5.14. The topological polar surface area (TPSA) is 0 Å². The maximum atomic E-state index is 3.69. The molecule has 0 N–H and O–H groups in total. The minimum absolute atomic E-state index is 0. The maximum absolute atomic E-state index is 3.69. The van der Waals surface area contributed by atoms with Crippen molar-refractivity contribution in [3.63, 3.8) is 0 Å². The molecule has 122 valence electrons. The largest absolute Gasteiger partial charge is 0.262 e. The summed E-state index contributed by atoms with van der Waals surface area (Å²) in [5.74, 6) is 0.405. The van der Waals surface area contributed by atoms with Gasteiger partial charge in [-0.05, 0) is 31.4 Å². The zero-order valence-electron chi connectivity index (χ0n) is 14.5. The molecule has 1 aromatic carbocycles. The van der Waals surface area contributed by atoms with Crippen LogP contribution in [0.25, 0.3) is 0 Å². The number of benzene rings is 1. The van der Waals surface area contributed by atoms with Gasteiger partial charge in [0.25, 0.3) is 0 Å². The first kappa shape index (κ1) is 18.4. The van der Waals surface area contributed by atoms with Gasteiger partial charge in [0.1, 0.15) is 9.52 Å². The third-order valence-corrected chi connectivity index (χ3v) is 6.71. The molecule has 0 fully saturated rings. The molecule has 0 saturated carbocycles. The molecular formula is C21H23PtSi-. The third kappa shape index (κ3) is 3.46. The molecule has 0 heterocycles. The van der Waals surface area contributed by atoms with Crippen LogP contribution in [-0.4, -0.2) is 9.52 Å². The van der Waals surface area contributed by atoms with E-state index in [0.29, 0.717) is 5.92 Å². The summed E-state index contributed by atoms with van der Waals surface area (Å²) in [6, 6.07) is 6.67. The van der Waals surface area contributed by atoms with Crippen LogP contribution in [0.5, 0.6) is 0 Å². The van der Waals surface area contributed by atoms with E-state index in [1.165, 1.54) is 38.2 Å². The first-order valence-electron chi connectivity index (χ1n) is 7.99. The molecule has 2 aliphatic rings. The Morgan fingerprint density at radius 2 is 1.83 bits per heavy atom. The van der Waals surface area contributed by atoms with Crippen molar-refractivity contribution < 1.29 is 21.1 Å². The van der Waals surface area contributed by atoms with Crippen LogP contribution in [0.15, 0.2) is 57.8 Å². The molecule has 2 radical (unpaired) electrons. The summed E-state index contributed by atoms with van der Waals surface area (Å²) in [7, 11) is 0.755. The molecule has 1 aromatic rings. The Kier molecular flexibility index (Phi) is 5.86. The molecule has 2 heteroatoms. The van der Waals surface area contributed by atoms with Gasteiger partial charge >= 0.3 is 0 Å². The molecule has 0 spiro atoms. The van der Waals surface area contributed by atoms with Crippen LogP contribution in [0, 0.1) is 25.8 Å². The van der Waals surface area contributed by atoms with Crippen LogP contribution in [0.3, 0.4) is 0 Å². The molecule has 23 heavy (non-hydrogen) atoms. The molecule has 2 aliphatic carbocycles. The number of hydrogen-bond donors (Lipinski definition) is 0. The fourth-order valence-corrected chi connectivity index (χ4v) is 4.70. The van der Waals surface area contributed by atoms with Crippen LogP contribution in [0.1, 0.15) is 38.3 Å². The molecule has 0 nitrogen and oxygen atoms in total. The van der Waals surface area contributed by atoms with Crippen LogP contribution in [0.4, 0.5) is 0 Å². The Morgan fingerprint density at radius 1 is 1.09 bits per heavy atom. The van der Waals surface area contributed by atoms with Crippen LogP contribution < -0.4 is 5.19 Å². The standard InChI is InChI=1S/C21H23Si.Pt/c1-13-8-6-10-20(16(13)4)22-21-11-7-9-18(21)19-12-14(2)15(3)17(19)5;/h6-8,10-11,19H,9H2,1-5H3;/q-1;. The second kappa shape index (κ2) is 7.32. The Balaban J connectivity index is 0.00000192.